The molecule has 1 fully saturated rings. The monoisotopic (exact) mass is 306 g/mol. The van der Waals surface area contributed by atoms with Crippen LogP contribution in [0, 0.1) is 5.92 Å². The summed E-state index contributed by atoms with van der Waals surface area (Å²) >= 11 is 0. The summed E-state index contributed by atoms with van der Waals surface area (Å²) in [6, 6.07) is 1.74. The van der Waals surface area contributed by atoms with E-state index < -0.39 is 0 Å². The van der Waals surface area contributed by atoms with Crippen LogP contribution in [0.15, 0.2) is 12.4 Å². The first-order chi connectivity index (χ1) is 10.6. The average Bonchev–Trinajstić information content (AvgIpc) is 2.53. The molecule has 6 nitrogen and oxygen atoms in total. The first kappa shape index (κ1) is 16.7. The van der Waals surface area contributed by atoms with Gasteiger partial charge in [0.15, 0.2) is 0 Å². The van der Waals surface area contributed by atoms with E-state index in [0.29, 0.717) is 11.7 Å². The highest BCUT2D eigenvalue weighted by Gasteiger charge is 2.24. The van der Waals surface area contributed by atoms with Crippen molar-refractivity contribution in [3.63, 3.8) is 0 Å². The van der Waals surface area contributed by atoms with E-state index in [1.807, 2.05) is 19.0 Å². The number of amides is 1. The lowest BCUT2D eigenvalue weighted by Gasteiger charge is -2.30. The number of aromatic nitrogens is 2. The van der Waals surface area contributed by atoms with E-state index in [0.717, 1.165) is 18.7 Å². The topological polar surface area (TPSA) is 67.3 Å². The van der Waals surface area contributed by atoms with Crippen LogP contribution >= 0.6 is 0 Å². The maximum absolute atomic E-state index is 12.0. The summed E-state index contributed by atoms with van der Waals surface area (Å²) in [5, 5.41) is 2.77. The zero-order valence-electron chi connectivity index (χ0n) is 13.7. The Kier molecular flexibility index (Phi) is 6.12. The van der Waals surface area contributed by atoms with Crippen molar-refractivity contribution in [1.29, 1.82) is 0 Å². The van der Waals surface area contributed by atoms with Crippen LogP contribution in [0.2, 0.25) is 0 Å². The first-order valence-corrected chi connectivity index (χ1v) is 8.01. The summed E-state index contributed by atoms with van der Waals surface area (Å²) in [6.07, 6.45) is 7.52. The van der Waals surface area contributed by atoms with Crippen LogP contribution in [-0.2, 0) is 9.53 Å². The second-order valence-corrected chi connectivity index (χ2v) is 6.01. The van der Waals surface area contributed by atoms with Gasteiger partial charge in [0.05, 0.1) is 6.10 Å². The van der Waals surface area contributed by atoms with E-state index in [1.165, 1.54) is 25.6 Å². The van der Waals surface area contributed by atoms with Gasteiger partial charge in [0, 0.05) is 20.2 Å². The maximum atomic E-state index is 12.0. The fourth-order valence-corrected chi connectivity index (χ4v) is 2.88. The van der Waals surface area contributed by atoms with Gasteiger partial charge in [-0.05, 0) is 18.8 Å². The Hall–Kier alpha value is -1.69. The molecule has 2 rings (SSSR count). The van der Waals surface area contributed by atoms with E-state index in [4.69, 9.17) is 4.74 Å². The van der Waals surface area contributed by atoms with Crippen molar-refractivity contribution < 1.29 is 9.53 Å². The molecule has 22 heavy (non-hydrogen) atoms. The molecule has 1 heterocycles. The van der Waals surface area contributed by atoms with Crippen molar-refractivity contribution in [2.45, 2.75) is 45.1 Å². The second kappa shape index (κ2) is 8.08. The normalized spacial score (nSPS) is 21.4. The first-order valence-electron chi connectivity index (χ1n) is 8.01. The van der Waals surface area contributed by atoms with Gasteiger partial charge in [0.1, 0.15) is 24.6 Å². The van der Waals surface area contributed by atoms with Crippen molar-refractivity contribution in [1.82, 2.24) is 9.97 Å². The Morgan fingerprint density at radius 2 is 2.14 bits per heavy atom. The zero-order chi connectivity index (χ0) is 15.9. The molecule has 2 unspecified atom stereocenters. The lowest BCUT2D eigenvalue weighted by molar-refractivity contribution is -0.124. The van der Waals surface area contributed by atoms with Crippen molar-refractivity contribution >= 4 is 17.5 Å². The Balaban J connectivity index is 1.83. The van der Waals surface area contributed by atoms with Gasteiger partial charge in [-0.1, -0.05) is 26.2 Å². The molecule has 1 aromatic heterocycles. The van der Waals surface area contributed by atoms with Gasteiger partial charge in [0.25, 0.3) is 5.91 Å². The molecule has 0 aliphatic heterocycles. The Labute approximate surface area is 132 Å². The molecule has 1 aromatic rings. The van der Waals surface area contributed by atoms with Crippen LogP contribution in [0.4, 0.5) is 11.6 Å². The minimum atomic E-state index is -0.163. The molecule has 2 atom stereocenters. The average molecular weight is 306 g/mol. The summed E-state index contributed by atoms with van der Waals surface area (Å²) in [7, 11) is 3.79. The fourth-order valence-electron chi connectivity index (χ4n) is 2.88. The number of rotatable bonds is 6. The minimum absolute atomic E-state index is 0.0858. The highest BCUT2D eigenvalue weighted by Crippen LogP contribution is 2.29. The fraction of sp³-hybridized carbons (Fsp3) is 0.688. The smallest absolute Gasteiger partial charge is 0.251 e. The Morgan fingerprint density at radius 3 is 2.86 bits per heavy atom. The minimum Gasteiger partial charge on any atom is -0.368 e. The van der Waals surface area contributed by atoms with Crippen molar-refractivity contribution in [2.75, 3.05) is 30.9 Å². The molecule has 0 spiro atoms. The predicted molar refractivity (Wildman–Crippen MR) is 87.0 cm³/mol. The molecule has 1 saturated carbocycles. The molecule has 1 aliphatic rings. The van der Waals surface area contributed by atoms with Gasteiger partial charge in [-0.15, -0.1) is 0 Å². The third-order valence-electron chi connectivity index (χ3n) is 4.17. The van der Waals surface area contributed by atoms with E-state index in [-0.39, 0.29) is 18.6 Å². The molecule has 0 aromatic carbocycles. The highest BCUT2D eigenvalue weighted by atomic mass is 16.5. The maximum Gasteiger partial charge on any atom is 0.251 e. The molecular formula is C16H26N4O2. The number of carbonyl (C=O) groups excluding carboxylic acids is 1. The number of nitrogens with zero attached hydrogens (tertiary/aromatic N) is 3. The number of nitrogens with one attached hydrogen (secondary N) is 1. The van der Waals surface area contributed by atoms with Gasteiger partial charge >= 0.3 is 0 Å². The number of carbonyl (C=O) groups is 1. The van der Waals surface area contributed by atoms with E-state index in [2.05, 4.69) is 22.2 Å². The number of anilines is 2. The van der Waals surface area contributed by atoms with Gasteiger partial charge in [-0.2, -0.15) is 0 Å². The van der Waals surface area contributed by atoms with Crippen LogP contribution in [0.3, 0.4) is 0 Å². The lowest BCUT2D eigenvalue weighted by Crippen LogP contribution is -2.31. The van der Waals surface area contributed by atoms with Gasteiger partial charge in [-0.3, -0.25) is 4.79 Å². The van der Waals surface area contributed by atoms with E-state index >= 15 is 0 Å². The quantitative estimate of drug-likeness (QED) is 0.874. The van der Waals surface area contributed by atoms with Gasteiger partial charge < -0.3 is 15.0 Å². The summed E-state index contributed by atoms with van der Waals surface area (Å²) < 4.78 is 5.83. The summed E-state index contributed by atoms with van der Waals surface area (Å²) in [5.74, 6) is 1.68. The molecular weight excluding hydrogens is 280 g/mol. The summed E-state index contributed by atoms with van der Waals surface area (Å²) in [6.45, 7) is 2.28. The third kappa shape index (κ3) is 4.66. The van der Waals surface area contributed by atoms with Crippen molar-refractivity contribution in [3.8, 4) is 0 Å². The van der Waals surface area contributed by atoms with Gasteiger partial charge in [0.2, 0.25) is 0 Å². The molecule has 1 N–H and O–H groups in total. The van der Waals surface area contributed by atoms with Crippen LogP contribution in [-0.4, -0.2) is 42.7 Å². The highest BCUT2D eigenvalue weighted by molar-refractivity contribution is 5.91. The van der Waals surface area contributed by atoms with Crippen molar-refractivity contribution in [2.24, 2.45) is 5.92 Å². The Morgan fingerprint density at radius 1 is 1.36 bits per heavy atom. The molecule has 1 aliphatic carbocycles. The van der Waals surface area contributed by atoms with Crippen LogP contribution in [0.5, 0.6) is 0 Å². The standard InChI is InChI=1S/C16H26N4O2/c1-4-12-7-5-6-8-13(12)22-10-16(21)19-14-9-15(20(2)3)18-11-17-14/h9,11-13H,4-8,10H2,1-3H3,(H,17,18,19,21). The molecule has 0 radical (unpaired) electrons. The predicted octanol–water partition coefficient (Wildman–Crippen LogP) is 2.47. The molecule has 0 bridgehead atoms. The van der Waals surface area contributed by atoms with E-state index in [9.17, 15) is 4.79 Å². The molecule has 122 valence electrons. The number of hydrogen-bond donors (Lipinski definition) is 1. The lowest BCUT2D eigenvalue weighted by atomic mass is 9.85. The van der Waals surface area contributed by atoms with Crippen molar-refractivity contribution in [3.05, 3.63) is 12.4 Å². The summed E-state index contributed by atoms with van der Waals surface area (Å²) in [4.78, 5) is 22.1. The molecule has 1 amide bonds. The van der Waals surface area contributed by atoms with Crippen LogP contribution in [0.1, 0.15) is 39.0 Å². The number of ether oxygens (including phenoxy) is 1. The molecule has 0 saturated heterocycles. The van der Waals surface area contributed by atoms with Crippen LogP contribution in [0.25, 0.3) is 0 Å². The van der Waals surface area contributed by atoms with Gasteiger partial charge in [-0.25, -0.2) is 9.97 Å². The summed E-state index contributed by atoms with van der Waals surface area (Å²) in [5.41, 5.74) is 0. The largest absolute Gasteiger partial charge is 0.368 e. The zero-order valence-corrected chi connectivity index (χ0v) is 13.7. The second-order valence-electron chi connectivity index (χ2n) is 6.01. The Bertz CT molecular complexity index is 493. The SMILES string of the molecule is CCC1CCCCC1OCC(=O)Nc1cc(N(C)C)ncn1. The third-order valence-corrected chi connectivity index (χ3v) is 4.17. The number of hydrogen-bond acceptors (Lipinski definition) is 5. The molecule has 6 heteroatoms. The van der Waals surface area contributed by atoms with Crippen LogP contribution < -0.4 is 10.2 Å². The van der Waals surface area contributed by atoms with E-state index in [1.54, 1.807) is 6.07 Å².